The SMILES string of the molecule is CC(=O)Nc1ccn(C2OC(CO)C(O[Si](O[SiH](C(C)C)C(C)C)(C(C)C)C(C)C)C2=O)[n+](=O)n1. The molecule has 1 saturated heterocycles. The van der Waals surface area contributed by atoms with Crippen LogP contribution >= 0.6 is 0 Å². The van der Waals surface area contributed by atoms with E-state index >= 15 is 0 Å². The summed E-state index contributed by atoms with van der Waals surface area (Å²) in [5, 5.41) is 16.2. The second-order valence-electron chi connectivity index (χ2n) is 10.4. The van der Waals surface area contributed by atoms with Crippen LogP contribution < -0.4 is 9.97 Å². The fraction of sp³-hybridized carbons (Fsp3) is 0.773. The minimum absolute atomic E-state index is 0.0388. The number of rotatable bonds is 11. The summed E-state index contributed by atoms with van der Waals surface area (Å²) in [6, 6.07) is 1.39. The van der Waals surface area contributed by atoms with Gasteiger partial charge in [0.2, 0.25) is 17.5 Å². The van der Waals surface area contributed by atoms with E-state index in [9.17, 15) is 19.6 Å². The lowest BCUT2D eigenvalue weighted by Crippen LogP contribution is -2.57. The molecular weight excluding hydrogens is 488 g/mol. The van der Waals surface area contributed by atoms with Crippen molar-refractivity contribution in [1.29, 1.82) is 0 Å². The molecule has 2 heterocycles. The second kappa shape index (κ2) is 12.0. The van der Waals surface area contributed by atoms with Crippen LogP contribution in [-0.2, 0) is 22.9 Å². The van der Waals surface area contributed by atoms with E-state index in [1.807, 2.05) is 0 Å². The van der Waals surface area contributed by atoms with Gasteiger partial charge >= 0.3 is 8.56 Å². The molecular formula is C22H41N4O7Si2+. The minimum atomic E-state index is -2.98. The number of nitrogens with one attached hydrogen (secondary N) is 1. The number of nitrogens with zero attached hydrogens (tertiary/aromatic N) is 3. The maximum absolute atomic E-state index is 13.5. The Hall–Kier alpha value is -1.78. The Morgan fingerprint density at radius 3 is 2.23 bits per heavy atom. The smallest absolute Gasteiger partial charge is 0.333 e. The number of carbonyl (C=O) groups excluding carboxylic acids is 2. The zero-order valence-corrected chi connectivity index (χ0v) is 24.4. The van der Waals surface area contributed by atoms with Crippen LogP contribution in [0.4, 0.5) is 5.82 Å². The zero-order valence-electron chi connectivity index (χ0n) is 22.2. The number of carbonyl (C=O) groups is 2. The molecule has 0 bridgehead atoms. The normalized spacial score (nSPS) is 21.2. The third-order valence-corrected chi connectivity index (χ3v) is 15.3. The predicted molar refractivity (Wildman–Crippen MR) is 135 cm³/mol. The van der Waals surface area contributed by atoms with Crippen molar-refractivity contribution in [2.24, 2.45) is 0 Å². The van der Waals surface area contributed by atoms with Gasteiger partial charge in [0, 0.05) is 13.0 Å². The number of amides is 1. The minimum Gasteiger partial charge on any atom is -0.437 e. The van der Waals surface area contributed by atoms with Crippen molar-refractivity contribution in [2.75, 3.05) is 11.9 Å². The Morgan fingerprint density at radius 2 is 1.80 bits per heavy atom. The predicted octanol–water partition coefficient (Wildman–Crippen LogP) is 2.42. The van der Waals surface area contributed by atoms with E-state index in [1.54, 1.807) is 0 Å². The number of aliphatic hydroxyl groups excluding tert-OH is 1. The van der Waals surface area contributed by atoms with E-state index in [0.717, 1.165) is 4.68 Å². The summed E-state index contributed by atoms with van der Waals surface area (Å²) < 4.78 is 20.5. The van der Waals surface area contributed by atoms with Crippen LogP contribution in [0.25, 0.3) is 0 Å². The van der Waals surface area contributed by atoms with Crippen molar-refractivity contribution in [3.05, 3.63) is 17.2 Å². The van der Waals surface area contributed by atoms with Crippen LogP contribution in [0.2, 0.25) is 22.2 Å². The molecule has 1 aliphatic rings. The number of aromatic nitrogens is 3. The lowest BCUT2D eigenvalue weighted by molar-refractivity contribution is -0.665. The van der Waals surface area contributed by atoms with Crippen molar-refractivity contribution >= 4 is 35.1 Å². The fourth-order valence-electron chi connectivity index (χ4n) is 4.58. The average molecular weight is 530 g/mol. The molecule has 0 spiro atoms. The van der Waals surface area contributed by atoms with Gasteiger partial charge in [-0.2, -0.15) is 0 Å². The summed E-state index contributed by atoms with van der Waals surface area (Å²) in [6.45, 7) is 17.7. The number of ketones is 1. The van der Waals surface area contributed by atoms with Gasteiger partial charge in [0.1, 0.15) is 17.3 Å². The molecule has 11 nitrogen and oxygen atoms in total. The zero-order chi connectivity index (χ0) is 26.7. The van der Waals surface area contributed by atoms with Gasteiger partial charge in [-0.05, 0) is 26.8 Å². The fourth-order valence-corrected chi connectivity index (χ4v) is 14.9. The van der Waals surface area contributed by atoms with Gasteiger partial charge in [0.25, 0.3) is 10.9 Å². The number of ether oxygens (including phenoxy) is 1. The topological polar surface area (TPSA) is 135 Å². The summed E-state index contributed by atoms with van der Waals surface area (Å²) in [6.07, 6.45) is -2.07. The second-order valence-corrected chi connectivity index (χ2v) is 18.9. The van der Waals surface area contributed by atoms with Gasteiger partial charge in [0.15, 0.2) is 9.04 Å². The van der Waals surface area contributed by atoms with Gasteiger partial charge in [0.05, 0.1) is 17.7 Å². The molecule has 0 aromatic carbocycles. The highest BCUT2D eigenvalue weighted by atomic mass is 28.4. The largest absolute Gasteiger partial charge is 0.437 e. The molecule has 1 aliphatic heterocycles. The molecule has 3 unspecified atom stereocenters. The molecule has 0 radical (unpaired) electrons. The van der Waals surface area contributed by atoms with Crippen molar-refractivity contribution < 1.29 is 32.6 Å². The lowest BCUT2D eigenvalue weighted by atomic mass is 10.2. The Morgan fingerprint density at radius 1 is 1.23 bits per heavy atom. The number of hydrogen-bond donors (Lipinski definition) is 2. The molecule has 1 aromatic rings. The molecule has 0 saturated carbocycles. The first-order valence-corrected chi connectivity index (χ1v) is 16.0. The van der Waals surface area contributed by atoms with Gasteiger partial charge in [-0.15, -0.1) is 0 Å². The van der Waals surface area contributed by atoms with Crippen LogP contribution in [0.1, 0.15) is 68.5 Å². The monoisotopic (exact) mass is 529 g/mol. The number of aliphatic hydroxyl groups is 1. The number of anilines is 1. The van der Waals surface area contributed by atoms with Crippen molar-refractivity contribution in [3.63, 3.8) is 0 Å². The Bertz CT molecular complexity index is 938. The average Bonchev–Trinajstić information content (AvgIpc) is 3.04. The first-order valence-electron chi connectivity index (χ1n) is 12.2. The van der Waals surface area contributed by atoms with E-state index in [0.29, 0.717) is 11.1 Å². The first kappa shape index (κ1) is 29.5. The molecule has 2 N–H and O–H groups in total. The van der Waals surface area contributed by atoms with E-state index in [-0.39, 0.29) is 27.5 Å². The molecule has 1 fully saturated rings. The lowest BCUT2D eigenvalue weighted by Gasteiger charge is -2.44. The standard InChI is InChI=1S/C22H40N4O7Si2/c1-13(2)34(14(3)4)33-35(15(5)6,16(7)8)32-21-18(12-27)31-22(20(21)29)25-11-10-19(23-17(9)28)24-26(25)30/h10-11,13-16,18,21-22,27,34H,12H2,1-9H3/p+1. The number of hydrogen-bond acceptors (Lipinski definition) is 8. The molecule has 35 heavy (non-hydrogen) atoms. The summed E-state index contributed by atoms with van der Waals surface area (Å²) in [4.78, 5) is 37.3. The molecule has 1 amide bonds. The van der Waals surface area contributed by atoms with Crippen molar-refractivity contribution in [1.82, 2.24) is 9.78 Å². The maximum atomic E-state index is 13.5. The van der Waals surface area contributed by atoms with Crippen molar-refractivity contribution in [3.8, 4) is 0 Å². The van der Waals surface area contributed by atoms with E-state index in [1.165, 1.54) is 19.2 Å². The van der Waals surface area contributed by atoms with Crippen LogP contribution in [-0.4, -0.2) is 63.0 Å². The van der Waals surface area contributed by atoms with Crippen LogP contribution in [0, 0.1) is 4.91 Å². The third-order valence-electron chi connectivity index (χ3n) is 6.22. The summed E-state index contributed by atoms with van der Waals surface area (Å²) in [7, 11) is -4.69. The van der Waals surface area contributed by atoms with Crippen molar-refractivity contribution in [2.45, 2.75) is 103 Å². The molecule has 0 aliphatic carbocycles. The molecule has 2 rings (SSSR count). The van der Waals surface area contributed by atoms with Gasteiger partial charge in [-0.3, -0.25) is 9.59 Å². The van der Waals surface area contributed by atoms with E-state index in [2.05, 4.69) is 65.8 Å². The maximum Gasteiger partial charge on any atom is 0.333 e. The highest BCUT2D eigenvalue weighted by Gasteiger charge is 2.56. The van der Waals surface area contributed by atoms with Crippen LogP contribution in [0.3, 0.4) is 0 Å². The Kier molecular flexibility index (Phi) is 10.1. The van der Waals surface area contributed by atoms with Gasteiger partial charge in [-0.25, -0.2) is 0 Å². The highest BCUT2D eigenvalue weighted by Crippen LogP contribution is 2.41. The highest BCUT2D eigenvalue weighted by molar-refractivity contribution is 6.78. The van der Waals surface area contributed by atoms with Crippen LogP contribution in [0.5, 0.6) is 0 Å². The van der Waals surface area contributed by atoms with Gasteiger partial charge in [-0.1, -0.05) is 55.4 Å². The number of Topliss-reactive ketones (excluding diaryl/α,β-unsaturated/α-hetero) is 1. The summed E-state index contributed by atoms with van der Waals surface area (Å²) >= 11 is 0. The van der Waals surface area contributed by atoms with E-state index in [4.69, 9.17) is 13.3 Å². The molecule has 3 atom stereocenters. The van der Waals surface area contributed by atoms with Crippen LogP contribution in [0.15, 0.2) is 12.3 Å². The first-order chi connectivity index (χ1) is 16.2. The van der Waals surface area contributed by atoms with Gasteiger partial charge < -0.3 is 23.7 Å². The molecule has 13 heteroatoms. The molecule has 1 aromatic heterocycles. The third kappa shape index (κ3) is 6.51. The Balaban J connectivity index is 2.43. The molecule has 198 valence electrons. The Labute approximate surface area is 209 Å². The summed E-state index contributed by atoms with van der Waals surface area (Å²) in [5.74, 6) is -0.828. The summed E-state index contributed by atoms with van der Waals surface area (Å²) in [5.41, 5.74) is 0.833. The van der Waals surface area contributed by atoms with E-state index < -0.39 is 48.4 Å². The quantitative estimate of drug-likeness (QED) is 0.330.